The van der Waals surface area contributed by atoms with E-state index in [4.69, 9.17) is 4.74 Å². The molecule has 23 heavy (non-hydrogen) atoms. The summed E-state index contributed by atoms with van der Waals surface area (Å²) in [7, 11) is 0. The van der Waals surface area contributed by atoms with Gasteiger partial charge in [0.25, 0.3) is 0 Å². The van der Waals surface area contributed by atoms with Gasteiger partial charge in [-0.15, -0.1) is 5.10 Å². The van der Waals surface area contributed by atoms with Crippen LogP contribution in [0, 0.1) is 5.92 Å². The Morgan fingerprint density at radius 2 is 2.17 bits per heavy atom. The number of aromatic nitrogens is 3. The lowest BCUT2D eigenvalue weighted by molar-refractivity contribution is -0.914. The van der Waals surface area contributed by atoms with Crippen molar-refractivity contribution in [2.75, 3.05) is 32.0 Å². The van der Waals surface area contributed by atoms with Gasteiger partial charge in [-0.1, -0.05) is 55.9 Å². The highest BCUT2D eigenvalue weighted by Gasteiger charge is 2.24. The second-order valence-electron chi connectivity index (χ2n) is 6.44. The molecule has 1 aromatic heterocycles. The van der Waals surface area contributed by atoms with Crippen LogP contribution in [0.2, 0.25) is 0 Å². The number of ether oxygens (including phenoxy) is 1. The molecule has 1 saturated heterocycles. The standard InChI is InChI=1S/C17H24N4OS/c1-13(2)10-21-8-9-22-15(11-21)12-23-17-18-16(19-20-17)14-6-4-3-5-7-14/h3-7,13,15H,8-12H2,1-2H3,(H,18,19,20)/p+1/t15-/m1/s1. The summed E-state index contributed by atoms with van der Waals surface area (Å²) in [5.74, 6) is 2.47. The summed E-state index contributed by atoms with van der Waals surface area (Å²) in [5, 5.41) is 8.12. The number of hydrogen-bond donors (Lipinski definition) is 2. The Bertz CT molecular complexity index is 602. The maximum Gasteiger partial charge on any atom is 0.208 e. The summed E-state index contributed by atoms with van der Waals surface area (Å²) in [5.41, 5.74) is 1.06. The Morgan fingerprint density at radius 1 is 1.35 bits per heavy atom. The maximum atomic E-state index is 5.90. The van der Waals surface area contributed by atoms with Crippen molar-refractivity contribution in [3.05, 3.63) is 30.3 Å². The molecule has 1 unspecified atom stereocenters. The van der Waals surface area contributed by atoms with Crippen LogP contribution >= 0.6 is 11.8 Å². The second kappa shape index (κ2) is 7.95. The molecule has 1 aliphatic rings. The van der Waals surface area contributed by atoms with Gasteiger partial charge >= 0.3 is 0 Å². The third-order valence-electron chi connectivity index (χ3n) is 3.93. The summed E-state index contributed by atoms with van der Waals surface area (Å²) in [6.45, 7) is 8.86. The molecule has 6 heteroatoms. The molecule has 2 atom stereocenters. The number of nitrogens with one attached hydrogen (secondary N) is 2. The van der Waals surface area contributed by atoms with Crippen LogP contribution in [0.1, 0.15) is 13.8 Å². The SMILES string of the molecule is CC(C)C[NH+]1CCO[C@@H](CSc2n[nH]c(-c3ccccc3)n2)C1. The Labute approximate surface area is 141 Å². The van der Waals surface area contributed by atoms with Crippen molar-refractivity contribution in [3.63, 3.8) is 0 Å². The van der Waals surface area contributed by atoms with E-state index in [0.29, 0.717) is 6.10 Å². The molecule has 2 aromatic rings. The number of hydrogen-bond acceptors (Lipinski definition) is 4. The number of morpholine rings is 1. The Kier molecular flexibility index (Phi) is 5.70. The fraction of sp³-hybridized carbons (Fsp3) is 0.529. The molecule has 124 valence electrons. The number of nitrogens with zero attached hydrogens (tertiary/aromatic N) is 2. The normalized spacial score (nSPS) is 21.7. The second-order valence-corrected chi connectivity index (χ2v) is 7.43. The van der Waals surface area contributed by atoms with Gasteiger partial charge in [-0.3, -0.25) is 5.10 Å². The van der Waals surface area contributed by atoms with Crippen molar-refractivity contribution >= 4 is 11.8 Å². The van der Waals surface area contributed by atoms with Crippen LogP contribution in [0.5, 0.6) is 0 Å². The lowest BCUT2D eigenvalue weighted by Crippen LogP contribution is -3.15. The quantitative estimate of drug-likeness (QED) is 0.787. The fourth-order valence-corrected chi connectivity index (χ4v) is 3.74. The highest BCUT2D eigenvalue weighted by atomic mass is 32.2. The van der Waals surface area contributed by atoms with Crippen LogP contribution in [0.25, 0.3) is 11.4 Å². The monoisotopic (exact) mass is 333 g/mol. The number of benzene rings is 1. The molecule has 1 fully saturated rings. The summed E-state index contributed by atoms with van der Waals surface area (Å²) in [4.78, 5) is 6.22. The lowest BCUT2D eigenvalue weighted by Gasteiger charge is -2.30. The van der Waals surface area contributed by atoms with Crippen LogP contribution in [0.4, 0.5) is 0 Å². The molecule has 1 aromatic carbocycles. The van der Waals surface area contributed by atoms with Gasteiger partial charge in [-0.05, 0) is 0 Å². The number of quaternary nitrogens is 1. The average molecular weight is 333 g/mol. The van der Waals surface area contributed by atoms with E-state index in [1.54, 1.807) is 16.7 Å². The van der Waals surface area contributed by atoms with Crippen LogP contribution < -0.4 is 4.90 Å². The highest BCUT2D eigenvalue weighted by Crippen LogP contribution is 2.20. The van der Waals surface area contributed by atoms with Gasteiger partial charge in [0, 0.05) is 17.2 Å². The van der Waals surface area contributed by atoms with E-state index in [2.05, 4.69) is 29.0 Å². The molecule has 0 saturated carbocycles. The first-order valence-electron chi connectivity index (χ1n) is 8.26. The number of rotatable bonds is 6. The highest BCUT2D eigenvalue weighted by molar-refractivity contribution is 7.99. The molecule has 0 aliphatic carbocycles. The zero-order chi connectivity index (χ0) is 16.1. The Balaban J connectivity index is 1.51. The average Bonchev–Trinajstić information content (AvgIpc) is 3.02. The smallest absolute Gasteiger partial charge is 0.208 e. The predicted octanol–water partition coefficient (Wildman–Crippen LogP) is 1.50. The topological polar surface area (TPSA) is 55.2 Å². The molecule has 5 nitrogen and oxygen atoms in total. The molecule has 2 heterocycles. The lowest BCUT2D eigenvalue weighted by atomic mass is 10.2. The molecule has 0 radical (unpaired) electrons. The molecule has 2 N–H and O–H groups in total. The van der Waals surface area contributed by atoms with Gasteiger partial charge in [-0.2, -0.15) is 0 Å². The first-order valence-corrected chi connectivity index (χ1v) is 9.25. The van der Waals surface area contributed by atoms with Crippen LogP contribution in [-0.4, -0.2) is 53.3 Å². The van der Waals surface area contributed by atoms with E-state index in [0.717, 1.165) is 47.9 Å². The van der Waals surface area contributed by atoms with E-state index in [1.807, 2.05) is 30.3 Å². The maximum absolute atomic E-state index is 5.90. The van der Waals surface area contributed by atoms with Gasteiger partial charge in [0.1, 0.15) is 19.2 Å². The van der Waals surface area contributed by atoms with E-state index in [-0.39, 0.29) is 0 Å². The minimum atomic E-state index is 0.293. The van der Waals surface area contributed by atoms with Crippen molar-refractivity contribution in [2.24, 2.45) is 5.92 Å². The van der Waals surface area contributed by atoms with E-state index in [9.17, 15) is 0 Å². The van der Waals surface area contributed by atoms with Crippen molar-refractivity contribution in [3.8, 4) is 11.4 Å². The van der Waals surface area contributed by atoms with Gasteiger partial charge in [0.15, 0.2) is 5.82 Å². The van der Waals surface area contributed by atoms with Crippen LogP contribution in [0.3, 0.4) is 0 Å². The molecule has 0 amide bonds. The zero-order valence-corrected chi connectivity index (χ0v) is 14.6. The molecule has 0 bridgehead atoms. The number of aromatic amines is 1. The third-order valence-corrected chi connectivity index (χ3v) is 4.91. The first kappa shape index (κ1) is 16.5. The van der Waals surface area contributed by atoms with Crippen molar-refractivity contribution < 1.29 is 9.64 Å². The van der Waals surface area contributed by atoms with Crippen LogP contribution in [0.15, 0.2) is 35.5 Å². The number of H-pyrrole nitrogens is 1. The van der Waals surface area contributed by atoms with E-state index in [1.165, 1.54) is 6.54 Å². The van der Waals surface area contributed by atoms with E-state index < -0.39 is 0 Å². The zero-order valence-electron chi connectivity index (χ0n) is 13.8. The van der Waals surface area contributed by atoms with Gasteiger partial charge in [0.05, 0.1) is 13.2 Å². The van der Waals surface area contributed by atoms with Gasteiger partial charge < -0.3 is 9.64 Å². The third kappa shape index (κ3) is 4.80. The van der Waals surface area contributed by atoms with Gasteiger partial charge in [-0.25, -0.2) is 4.98 Å². The molecule has 1 aliphatic heterocycles. The van der Waals surface area contributed by atoms with Crippen LogP contribution in [-0.2, 0) is 4.74 Å². The van der Waals surface area contributed by atoms with Gasteiger partial charge in [0.2, 0.25) is 5.16 Å². The minimum Gasteiger partial charge on any atom is -0.366 e. The molecule has 0 spiro atoms. The van der Waals surface area contributed by atoms with Crippen molar-refractivity contribution in [2.45, 2.75) is 25.1 Å². The summed E-state index contributed by atoms with van der Waals surface area (Å²) in [6, 6.07) is 10.1. The number of thioether (sulfide) groups is 1. The molecular formula is C17H25N4OS+. The van der Waals surface area contributed by atoms with E-state index >= 15 is 0 Å². The molecular weight excluding hydrogens is 308 g/mol. The predicted molar refractivity (Wildman–Crippen MR) is 92.7 cm³/mol. The summed E-state index contributed by atoms with van der Waals surface area (Å²) in [6.07, 6.45) is 0.293. The van der Waals surface area contributed by atoms with Crippen molar-refractivity contribution in [1.82, 2.24) is 15.2 Å². The fourth-order valence-electron chi connectivity index (χ4n) is 2.93. The minimum absolute atomic E-state index is 0.293. The first-order chi connectivity index (χ1) is 11.2. The Morgan fingerprint density at radius 3 is 2.96 bits per heavy atom. The summed E-state index contributed by atoms with van der Waals surface area (Å²) >= 11 is 1.67. The Hall–Kier alpha value is -1.37. The molecule has 3 rings (SSSR count). The summed E-state index contributed by atoms with van der Waals surface area (Å²) < 4.78 is 5.90. The van der Waals surface area contributed by atoms with Crippen molar-refractivity contribution in [1.29, 1.82) is 0 Å². The largest absolute Gasteiger partial charge is 0.366 e.